The highest BCUT2D eigenvalue weighted by Gasteiger charge is 2.09. The molecule has 0 amide bonds. The lowest BCUT2D eigenvalue weighted by atomic mass is 10.1. The van der Waals surface area contributed by atoms with E-state index in [1.165, 1.54) is 6.07 Å². The molecule has 5 heteroatoms. The second-order valence-corrected chi connectivity index (χ2v) is 5.53. The summed E-state index contributed by atoms with van der Waals surface area (Å²) in [4.78, 5) is 0. The van der Waals surface area contributed by atoms with E-state index in [9.17, 15) is 4.39 Å². The summed E-state index contributed by atoms with van der Waals surface area (Å²) in [7, 11) is 0. The number of nitrogens with one attached hydrogen (secondary N) is 1. The third-order valence-electron chi connectivity index (χ3n) is 2.97. The van der Waals surface area contributed by atoms with E-state index in [1.54, 1.807) is 24.3 Å². The molecule has 0 aliphatic carbocycles. The summed E-state index contributed by atoms with van der Waals surface area (Å²) in [5, 5.41) is 4.69. The van der Waals surface area contributed by atoms with Crippen molar-refractivity contribution < 1.29 is 4.39 Å². The maximum absolute atomic E-state index is 13.4. The zero-order chi connectivity index (χ0) is 14.5. The molecule has 2 rings (SSSR count). The lowest BCUT2D eigenvalue weighted by Gasteiger charge is -2.10. The van der Waals surface area contributed by atoms with Crippen molar-refractivity contribution in [2.24, 2.45) is 0 Å². The maximum Gasteiger partial charge on any atom is 0.126 e. The standard InChI is InChI=1S/C15H13Cl3FN/c16-12-5-6-13(17)15(18)11(12)9-20-8-7-10-3-1-2-4-14(10)19/h1-6,20H,7-9H2. The minimum Gasteiger partial charge on any atom is -0.312 e. The average Bonchev–Trinajstić information content (AvgIpc) is 2.44. The molecule has 0 aliphatic rings. The molecule has 0 saturated heterocycles. The van der Waals surface area contributed by atoms with Crippen LogP contribution in [0.2, 0.25) is 15.1 Å². The Labute approximate surface area is 132 Å². The van der Waals surface area contributed by atoms with E-state index in [0.29, 0.717) is 40.1 Å². The second-order valence-electron chi connectivity index (χ2n) is 4.34. The number of benzene rings is 2. The minimum absolute atomic E-state index is 0.187. The van der Waals surface area contributed by atoms with Crippen molar-refractivity contribution in [2.45, 2.75) is 13.0 Å². The van der Waals surface area contributed by atoms with Gasteiger partial charge >= 0.3 is 0 Å². The van der Waals surface area contributed by atoms with Crippen LogP contribution in [0.15, 0.2) is 36.4 Å². The fraction of sp³-hybridized carbons (Fsp3) is 0.200. The van der Waals surface area contributed by atoms with Gasteiger partial charge in [-0.2, -0.15) is 0 Å². The van der Waals surface area contributed by atoms with E-state index < -0.39 is 0 Å². The first-order chi connectivity index (χ1) is 9.59. The molecule has 0 unspecified atom stereocenters. The maximum atomic E-state index is 13.4. The molecular weight excluding hydrogens is 320 g/mol. The largest absolute Gasteiger partial charge is 0.312 e. The van der Waals surface area contributed by atoms with Crippen molar-refractivity contribution in [3.05, 3.63) is 68.4 Å². The first-order valence-corrected chi connectivity index (χ1v) is 7.29. The van der Waals surface area contributed by atoms with Crippen molar-refractivity contribution in [1.29, 1.82) is 0 Å². The number of hydrogen-bond acceptors (Lipinski definition) is 1. The Balaban J connectivity index is 1.91. The van der Waals surface area contributed by atoms with Gasteiger partial charge < -0.3 is 5.32 Å². The van der Waals surface area contributed by atoms with Gasteiger partial charge in [0.15, 0.2) is 0 Å². The van der Waals surface area contributed by atoms with Gasteiger partial charge in [-0.05, 0) is 36.7 Å². The molecule has 0 radical (unpaired) electrons. The highest BCUT2D eigenvalue weighted by Crippen LogP contribution is 2.31. The third kappa shape index (κ3) is 3.86. The topological polar surface area (TPSA) is 12.0 Å². The smallest absolute Gasteiger partial charge is 0.126 e. The summed E-state index contributed by atoms with van der Waals surface area (Å²) in [5.41, 5.74) is 1.44. The zero-order valence-corrected chi connectivity index (χ0v) is 12.9. The van der Waals surface area contributed by atoms with Gasteiger partial charge in [0.25, 0.3) is 0 Å². The predicted molar refractivity (Wildman–Crippen MR) is 83.3 cm³/mol. The number of hydrogen-bond donors (Lipinski definition) is 1. The Morgan fingerprint density at radius 3 is 2.40 bits per heavy atom. The molecule has 0 bridgehead atoms. The van der Waals surface area contributed by atoms with Crippen LogP contribution in [0.4, 0.5) is 4.39 Å². The molecule has 20 heavy (non-hydrogen) atoms. The van der Waals surface area contributed by atoms with Gasteiger partial charge in [0.05, 0.1) is 10.0 Å². The van der Waals surface area contributed by atoms with Crippen LogP contribution in [0.1, 0.15) is 11.1 Å². The molecule has 106 valence electrons. The molecule has 0 aromatic heterocycles. The second kappa shape index (κ2) is 7.28. The Hall–Kier alpha value is -0.800. The zero-order valence-electron chi connectivity index (χ0n) is 10.6. The van der Waals surface area contributed by atoms with Crippen LogP contribution in [0.5, 0.6) is 0 Å². The molecule has 0 saturated carbocycles. The summed E-state index contributed by atoms with van der Waals surface area (Å²) in [6.45, 7) is 1.12. The molecule has 2 aromatic rings. The van der Waals surface area contributed by atoms with Crippen LogP contribution in [0, 0.1) is 5.82 Å². The lowest BCUT2D eigenvalue weighted by molar-refractivity contribution is 0.598. The highest BCUT2D eigenvalue weighted by atomic mass is 35.5. The lowest BCUT2D eigenvalue weighted by Crippen LogP contribution is -2.17. The average molecular weight is 333 g/mol. The fourth-order valence-electron chi connectivity index (χ4n) is 1.87. The third-order valence-corrected chi connectivity index (χ3v) is 4.17. The highest BCUT2D eigenvalue weighted by molar-refractivity contribution is 6.44. The van der Waals surface area contributed by atoms with Gasteiger partial charge in [0.2, 0.25) is 0 Å². The van der Waals surface area contributed by atoms with Gasteiger partial charge in [0, 0.05) is 17.1 Å². The molecule has 1 nitrogen and oxygen atoms in total. The van der Waals surface area contributed by atoms with E-state index in [-0.39, 0.29) is 5.82 Å². The molecule has 0 fully saturated rings. The van der Waals surface area contributed by atoms with Gasteiger partial charge in [-0.3, -0.25) is 0 Å². The normalized spacial score (nSPS) is 10.8. The van der Waals surface area contributed by atoms with Crippen LogP contribution in [-0.2, 0) is 13.0 Å². The Bertz CT molecular complexity index is 602. The summed E-state index contributed by atoms with van der Waals surface area (Å²) in [6, 6.07) is 10.1. The van der Waals surface area contributed by atoms with E-state index >= 15 is 0 Å². The Morgan fingerprint density at radius 2 is 1.65 bits per heavy atom. The predicted octanol–water partition coefficient (Wildman–Crippen LogP) is 5.12. The molecule has 0 spiro atoms. The number of rotatable bonds is 5. The van der Waals surface area contributed by atoms with Crippen molar-refractivity contribution in [3.8, 4) is 0 Å². The van der Waals surface area contributed by atoms with Crippen LogP contribution >= 0.6 is 34.8 Å². The SMILES string of the molecule is Fc1ccccc1CCNCc1c(Cl)ccc(Cl)c1Cl. The Kier molecular flexibility index (Phi) is 5.67. The van der Waals surface area contributed by atoms with Gasteiger partial charge in [-0.1, -0.05) is 53.0 Å². The van der Waals surface area contributed by atoms with Crippen LogP contribution in [0.3, 0.4) is 0 Å². The Morgan fingerprint density at radius 1 is 0.950 bits per heavy atom. The van der Waals surface area contributed by atoms with E-state index in [0.717, 1.165) is 5.56 Å². The van der Waals surface area contributed by atoms with Crippen LogP contribution < -0.4 is 5.32 Å². The molecule has 1 N–H and O–H groups in total. The minimum atomic E-state index is -0.187. The molecule has 2 aromatic carbocycles. The molecule has 0 atom stereocenters. The summed E-state index contributed by atoms with van der Waals surface area (Å²) < 4.78 is 13.4. The van der Waals surface area contributed by atoms with Gasteiger partial charge in [-0.25, -0.2) is 4.39 Å². The van der Waals surface area contributed by atoms with Crippen LogP contribution in [-0.4, -0.2) is 6.54 Å². The fourth-order valence-corrected chi connectivity index (χ4v) is 2.55. The van der Waals surface area contributed by atoms with Crippen molar-refractivity contribution in [1.82, 2.24) is 5.32 Å². The van der Waals surface area contributed by atoms with E-state index in [4.69, 9.17) is 34.8 Å². The van der Waals surface area contributed by atoms with Gasteiger partial charge in [-0.15, -0.1) is 0 Å². The first kappa shape index (κ1) is 15.6. The summed E-state index contributed by atoms with van der Waals surface area (Å²) in [5.74, 6) is -0.187. The van der Waals surface area contributed by atoms with Crippen LogP contribution in [0.25, 0.3) is 0 Å². The molecule has 0 heterocycles. The van der Waals surface area contributed by atoms with Crippen molar-refractivity contribution in [3.63, 3.8) is 0 Å². The monoisotopic (exact) mass is 331 g/mol. The molecular formula is C15H13Cl3FN. The van der Waals surface area contributed by atoms with E-state index in [2.05, 4.69) is 5.32 Å². The quantitative estimate of drug-likeness (QED) is 0.592. The van der Waals surface area contributed by atoms with Crippen molar-refractivity contribution >= 4 is 34.8 Å². The molecule has 0 aliphatic heterocycles. The summed E-state index contributed by atoms with van der Waals surface area (Å²) >= 11 is 18.1. The first-order valence-electron chi connectivity index (χ1n) is 6.16. The van der Waals surface area contributed by atoms with Gasteiger partial charge in [0.1, 0.15) is 5.82 Å². The number of halogens is 4. The van der Waals surface area contributed by atoms with Crippen molar-refractivity contribution in [2.75, 3.05) is 6.54 Å². The summed E-state index contributed by atoms with van der Waals surface area (Å²) in [6.07, 6.45) is 0.600. The van der Waals surface area contributed by atoms with E-state index in [1.807, 2.05) is 6.07 Å².